The lowest BCUT2D eigenvalue weighted by atomic mass is 10.0. The van der Waals surface area contributed by atoms with Crippen molar-refractivity contribution in [2.45, 2.75) is 38.8 Å². The number of sulfonamides is 1. The molecule has 214 valence electrons. The smallest absolute Gasteiger partial charge is 0.244 e. The Morgan fingerprint density at radius 3 is 2.23 bits per heavy atom. The van der Waals surface area contributed by atoms with Crippen LogP contribution < -0.4 is 9.62 Å². The molecule has 3 aromatic carbocycles. The predicted octanol–water partition coefficient (Wildman–Crippen LogP) is 5.97. The molecule has 7 nitrogen and oxygen atoms in total. The lowest BCUT2D eigenvalue weighted by Gasteiger charge is -2.33. The molecule has 40 heavy (non-hydrogen) atoms. The Morgan fingerprint density at radius 2 is 1.60 bits per heavy atom. The maximum atomic E-state index is 14.0. The molecule has 0 fully saturated rings. The van der Waals surface area contributed by atoms with Gasteiger partial charge in [-0.3, -0.25) is 13.9 Å². The Balaban J connectivity index is 2.04. The van der Waals surface area contributed by atoms with E-state index in [1.54, 1.807) is 24.3 Å². The predicted molar refractivity (Wildman–Crippen MR) is 163 cm³/mol. The van der Waals surface area contributed by atoms with E-state index in [0.717, 1.165) is 29.0 Å². The molecule has 0 heterocycles. The number of hydrogen-bond acceptors (Lipinski definition) is 4. The third kappa shape index (κ3) is 9.13. The van der Waals surface area contributed by atoms with Crippen LogP contribution in [0.2, 0.25) is 15.1 Å². The van der Waals surface area contributed by atoms with Gasteiger partial charge in [-0.15, -0.1) is 0 Å². The lowest BCUT2D eigenvalue weighted by molar-refractivity contribution is -0.140. The number of nitrogens with one attached hydrogen (secondary N) is 1. The van der Waals surface area contributed by atoms with Crippen LogP contribution in [0.25, 0.3) is 0 Å². The van der Waals surface area contributed by atoms with E-state index >= 15 is 0 Å². The maximum absolute atomic E-state index is 14.0. The third-order valence-electron chi connectivity index (χ3n) is 6.21. The second-order valence-electron chi connectivity index (χ2n) is 9.37. The van der Waals surface area contributed by atoms with Crippen LogP contribution in [0.3, 0.4) is 0 Å². The number of benzene rings is 3. The van der Waals surface area contributed by atoms with Gasteiger partial charge in [-0.1, -0.05) is 90.6 Å². The van der Waals surface area contributed by atoms with Gasteiger partial charge < -0.3 is 10.2 Å². The molecule has 3 rings (SSSR count). The van der Waals surface area contributed by atoms with E-state index in [9.17, 15) is 18.0 Å². The van der Waals surface area contributed by atoms with E-state index in [0.29, 0.717) is 17.1 Å². The first-order valence-electron chi connectivity index (χ1n) is 12.8. The van der Waals surface area contributed by atoms with E-state index in [1.165, 1.54) is 23.1 Å². The molecule has 11 heteroatoms. The first kappa shape index (κ1) is 31.7. The van der Waals surface area contributed by atoms with Crippen molar-refractivity contribution < 1.29 is 18.0 Å². The Labute approximate surface area is 251 Å². The number of nitrogens with zero attached hydrogens (tertiary/aromatic N) is 2. The van der Waals surface area contributed by atoms with E-state index in [2.05, 4.69) is 5.32 Å². The van der Waals surface area contributed by atoms with Gasteiger partial charge in [0.05, 0.1) is 22.0 Å². The van der Waals surface area contributed by atoms with Crippen molar-refractivity contribution in [1.29, 1.82) is 0 Å². The van der Waals surface area contributed by atoms with Gasteiger partial charge in [-0.25, -0.2) is 8.42 Å². The monoisotopic (exact) mass is 623 g/mol. The van der Waals surface area contributed by atoms with Crippen molar-refractivity contribution >= 4 is 62.3 Å². The minimum absolute atomic E-state index is 0.0388. The normalized spacial score (nSPS) is 12.0. The molecule has 2 amide bonds. The van der Waals surface area contributed by atoms with Gasteiger partial charge in [-0.2, -0.15) is 0 Å². The molecule has 0 aliphatic heterocycles. The second-order valence-corrected chi connectivity index (χ2v) is 12.5. The Hall–Kier alpha value is -2.78. The summed E-state index contributed by atoms with van der Waals surface area (Å²) in [5.41, 5.74) is 1.73. The highest BCUT2D eigenvalue weighted by atomic mass is 35.5. The molecule has 0 saturated carbocycles. The first-order chi connectivity index (χ1) is 19.0. The number of hydrogen-bond donors (Lipinski definition) is 1. The van der Waals surface area contributed by atoms with Gasteiger partial charge in [0.2, 0.25) is 21.8 Å². The van der Waals surface area contributed by atoms with Crippen molar-refractivity contribution in [3.8, 4) is 0 Å². The highest BCUT2D eigenvalue weighted by Gasteiger charge is 2.33. The number of carbonyl (C=O) groups is 2. The van der Waals surface area contributed by atoms with E-state index in [4.69, 9.17) is 34.8 Å². The minimum Gasteiger partial charge on any atom is -0.354 e. The van der Waals surface area contributed by atoms with Gasteiger partial charge in [-0.05, 0) is 47.9 Å². The summed E-state index contributed by atoms with van der Waals surface area (Å²) in [7, 11) is -3.92. The van der Waals surface area contributed by atoms with Crippen LogP contribution in [0.4, 0.5) is 5.69 Å². The Morgan fingerprint density at radius 1 is 0.900 bits per heavy atom. The van der Waals surface area contributed by atoms with Crippen LogP contribution in [0.5, 0.6) is 0 Å². The first-order valence-corrected chi connectivity index (χ1v) is 15.8. The minimum atomic E-state index is -3.92. The quantitative estimate of drug-likeness (QED) is 0.238. The van der Waals surface area contributed by atoms with Crippen molar-refractivity contribution in [2.75, 3.05) is 23.7 Å². The van der Waals surface area contributed by atoms with Gasteiger partial charge in [0, 0.05) is 24.5 Å². The van der Waals surface area contributed by atoms with Crippen LogP contribution in [0.1, 0.15) is 30.9 Å². The molecule has 1 atom stereocenters. The van der Waals surface area contributed by atoms with Gasteiger partial charge in [0.1, 0.15) is 12.6 Å². The summed E-state index contributed by atoms with van der Waals surface area (Å²) in [6.45, 7) is 1.96. The molecule has 0 radical (unpaired) electrons. The number of rotatable bonds is 13. The summed E-state index contributed by atoms with van der Waals surface area (Å²) in [6, 6.07) is 19.7. The molecule has 1 unspecified atom stereocenters. The summed E-state index contributed by atoms with van der Waals surface area (Å²) in [6.07, 6.45) is 2.91. The molecular formula is C29H32Cl3N3O4S. The van der Waals surface area contributed by atoms with Crippen LogP contribution >= 0.6 is 34.8 Å². The standard InChI is InChI=1S/C29H32Cl3N3O4S/c1-3-4-15-33-29(37)27(17-21-9-6-5-7-10-21)34(19-22-11-8-12-23(30)16-22)28(36)20-35(40(2,38)39)24-13-14-25(31)26(32)18-24/h5-14,16,18,27H,3-4,15,17,19-20H2,1-2H3,(H,33,37). The largest absolute Gasteiger partial charge is 0.354 e. The van der Waals surface area contributed by atoms with Gasteiger partial charge in [0.25, 0.3) is 0 Å². The molecule has 0 spiro atoms. The lowest BCUT2D eigenvalue weighted by Crippen LogP contribution is -2.53. The van der Waals surface area contributed by atoms with Crippen LogP contribution in [0.15, 0.2) is 72.8 Å². The highest BCUT2D eigenvalue weighted by Crippen LogP contribution is 2.29. The van der Waals surface area contributed by atoms with Gasteiger partial charge >= 0.3 is 0 Å². The van der Waals surface area contributed by atoms with Crippen LogP contribution in [-0.2, 0) is 32.6 Å². The molecule has 0 aliphatic rings. The number of unbranched alkanes of at least 4 members (excludes halogenated alkanes) is 1. The van der Waals surface area contributed by atoms with Crippen LogP contribution in [0, 0.1) is 0 Å². The number of halogens is 3. The third-order valence-corrected chi connectivity index (χ3v) is 8.33. The zero-order valence-corrected chi connectivity index (χ0v) is 25.4. The summed E-state index contributed by atoms with van der Waals surface area (Å²) < 4.78 is 26.6. The average Bonchev–Trinajstić information content (AvgIpc) is 2.91. The number of amides is 2. The highest BCUT2D eigenvalue weighted by molar-refractivity contribution is 7.92. The van der Waals surface area contributed by atoms with Gasteiger partial charge in [0.15, 0.2) is 0 Å². The number of anilines is 1. The van der Waals surface area contributed by atoms with E-state index in [-0.39, 0.29) is 34.6 Å². The fourth-order valence-corrected chi connectivity index (χ4v) is 5.49. The van der Waals surface area contributed by atoms with Crippen molar-refractivity contribution in [3.63, 3.8) is 0 Å². The fraction of sp³-hybridized carbons (Fsp3) is 0.310. The fourth-order valence-electron chi connectivity index (χ4n) is 4.15. The Bertz CT molecular complexity index is 1420. The molecule has 0 saturated heterocycles. The van der Waals surface area contributed by atoms with Crippen molar-refractivity contribution in [1.82, 2.24) is 10.2 Å². The molecule has 1 N–H and O–H groups in total. The van der Waals surface area contributed by atoms with E-state index in [1.807, 2.05) is 37.3 Å². The topological polar surface area (TPSA) is 86.8 Å². The SMILES string of the molecule is CCCCNC(=O)C(Cc1ccccc1)N(Cc1cccc(Cl)c1)C(=O)CN(c1ccc(Cl)c(Cl)c1)S(C)(=O)=O. The molecular weight excluding hydrogens is 593 g/mol. The molecule has 0 aromatic heterocycles. The van der Waals surface area contributed by atoms with Crippen molar-refractivity contribution in [2.24, 2.45) is 0 Å². The molecule has 3 aromatic rings. The molecule has 0 aliphatic carbocycles. The zero-order valence-electron chi connectivity index (χ0n) is 22.3. The summed E-state index contributed by atoms with van der Waals surface area (Å²) in [5, 5.41) is 3.82. The second kappa shape index (κ2) is 14.7. The summed E-state index contributed by atoms with van der Waals surface area (Å²) in [4.78, 5) is 29.0. The average molecular weight is 625 g/mol. The summed E-state index contributed by atoms with van der Waals surface area (Å²) in [5.74, 6) is -0.892. The van der Waals surface area contributed by atoms with Crippen LogP contribution in [-0.4, -0.2) is 50.5 Å². The molecule has 0 bridgehead atoms. The Kier molecular flexibility index (Phi) is 11.7. The maximum Gasteiger partial charge on any atom is 0.244 e. The van der Waals surface area contributed by atoms with Crippen molar-refractivity contribution in [3.05, 3.63) is 99.0 Å². The summed E-state index contributed by atoms with van der Waals surface area (Å²) >= 11 is 18.4. The van der Waals surface area contributed by atoms with E-state index < -0.39 is 28.5 Å². The number of carbonyl (C=O) groups excluding carboxylic acids is 2. The zero-order chi connectivity index (χ0) is 29.3.